The Morgan fingerprint density at radius 3 is 2.34 bits per heavy atom. The number of carbonyl (C=O) groups excluding carboxylic acids is 4. The molecule has 0 radical (unpaired) electrons. The van der Waals surface area contributed by atoms with E-state index in [1.165, 1.54) is 18.2 Å². The van der Waals surface area contributed by atoms with Crippen molar-refractivity contribution < 1.29 is 29.0 Å². The van der Waals surface area contributed by atoms with E-state index in [1.807, 2.05) is 36.4 Å². The molecule has 0 aliphatic heterocycles. The third kappa shape index (κ3) is 8.19. The zero-order valence-electron chi connectivity index (χ0n) is 23.3. The monoisotopic (exact) mass is 559 g/mol. The number of nitrogens with two attached hydrogens (primary N) is 1. The highest BCUT2D eigenvalue weighted by atomic mass is 16.6. The number of benzene rings is 3. The van der Waals surface area contributed by atoms with Gasteiger partial charge in [-0.1, -0.05) is 36.4 Å². The van der Waals surface area contributed by atoms with Gasteiger partial charge >= 0.3 is 6.09 Å². The normalized spacial score (nSPS) is 12.5. The summed E-state index contributed by atoms with van der Waals surface area (Å²) in [6, 6.07) is 16.2. The van der Waals surface area contributed by atoms with Crippen LogP contribution in [0.3, 0.4) is 0 Å². The first-order chi connectivity index (χ1) is 19.3. The molecule has 0 aliphatic rings. The molecular weight excluding hydrogens is 526 g/mol. The molecule has 41 heavy (non-hydrogen) atoms. The topological polar surface area (TPSA) is 175 Å². The minimum absolute atomic E-state index is 0.0289. The summed E-state index contributed by atoms with van der Waals surface area (Å²) < 4.78 is 5.23. The second kappa shape index (κ2) is 12.8. The van der Waals surface area contributed by atoms with E-state index in [0.717, 1.165) is 15.7 Å². The first-order valence-corrected chi connectivity index (χ1v) is 12.8. The van der Waals surface area contributed by atoms with Crippen LogP contribution in [0, 0.1) is 18.3 Å². The first-order valence-electron chi connectivity index (χ1n) is 12.8. The van der Waals surface area contributed by atoms with Crippen molar-refractivity contribution in [3.8, 4) is 11.8 Å². The largest absolute Gasteiger partial charge is 0.508 e. The average molecular weight is 560 g/mol. The number of nitriles is 1. The first kappa shape index (κ1) is 30.4. The van der Waals surface area contributed by atoms with Crippen molar-refractivity contribution >= 4 is 40.3 Å². The molecule has 3 rings (SSSR count). The summed E-state index contributed by atoms with van der Waals surface area (Å²) >= 11 is 0. The maximum atomic E-state index is 13.8. The van der Waals surface area contributed by atoms with Gasteiger partial charge < -0.3 is 31.1 Å². The fraction of sp³-hybridized carbons (Fsp3) is 0.300. The quantitative estimate of drug-likeness (QED) is 0.289. The smallest absolute Gasteiger partial charge is 0.408 e. The second-order valence-corrected chi connectivity index (χ2v) is 10.5. The van der Waals surface area contributed by atoms with Crippen molar-refractivity contribution in [2.75, 3.05) is 11.9 Å². The van der Waals surface area contributed by atoms with E-state index < -0.39 is 54.5 Å². The maximum absolute atomic E-state index is 13.8. The summed E-state index contributed by atoms with van der Waals surface area (Å²) in [4.78, 5) is 53.0. The maximum Gasteiger partial charge on any atom is 0.408 e. The van der Waals surface area contributed by atoms with Crippen LogP contribution >= 0.6 is 0 Å². The molecule has 0 bridgehead atoms. The summed E-state index contributed by atoms with van der Waals surface area (Å²) in [5.41, 5.74) is 5.62. The van der Waals surface area contributed by atoms with Crippen LogP contribution in [0.1, 0.15) is 44.4 Å². The van der Waals surface area contributed by atoms with E-state index >= 15 is 0 Å². The third-order valence-corrected chi connectivity index (χ3v) is 6.03. The Morgan fingerprint density at radius 1 is 1.05 bits per heavy atom. The predicted octanol–water partition coefficient (Wildman–Crippen LogP) is 3.65. The lowest BCUT2D eigenvalue weighted by Gasteiger charge is -2.32. The van der Waals surface area contributed by atoms with Crippen molar-refractivity contribution in [1.29, 1.82) is 5.26 Å². The number of primary amides is 1. The molecule has 2 unspecified atom stereocenters. The second-order valence-electron chi connectivity index (χ2n) is 10.5. The summed E-state index contributed by atoms with van der Waals surface area (Å²) in [7, 11) is 0. The third-order valence-electron chi connectivity index (χ3n) is 6.03. The number of aryl methyl sites for hydroxylation is 1. The molecule has 0 aromatic heterocycles. The molecular formula is C30H33N5O6. The number of hydrogen-bond acceptors (Lipinski definition) is 7. The average Bonchev–Trinajstić information content (AvgIpc) is 2.88. The highest BCUT2D eigenvalue weighted by Crippen LogP contribution is 2.29. The number of carbonyl (C=O) groups is 4. The predicted molar refractivity (Wildman–Crippen MR) is 152 cm³/mol. The van der Waals surface area contributed by atoms with E-state index in [4.69, 9.17) is 10.5 Å². The van der Waals surface area contributed by atoms with Gasteiger partial charge in [0.15, 0.2) is 0 Å². The number of ether oxygens (including phenoxy) is 1. The van der Waals surface area contributed by atoms with Crippen LogP contribution in [0.4, 0.5) is 10.5 Å². The summed E-state index contributed by atoms with van der Waals surface area (Å²) in [6.45, 7) is 5.92. The molecule has 3 aromatic carbocycles. The molecule has 0 spiro atoms. The molecule has 4 amide bonds. The van der Waals surface area contributed by atoms with Crippen LogP contribution in [-0.4, -0.2) is 52.0 Å². The van der Waals surface area contributed by atoms with Gasteiger partial charge in [0, 0.05) is 5.69 Å². The fourth-order valence-corrected chi connectivity index (χ4v) is 4.22. The molecule has 2 atom stereocenters. The molecule has 11 nitrogen and oxygen atoms in total. The molecule has 0 saturated heterocycles. The SMILES string of the molecule is Cc1cc(C(C(=O)Nc2ccc3ccccc3c2)N(CC#N)C(=O)C(CC(N)=O)NC(=O)OC(C)(C)C)ccc1O. The Hall–Kier alpha value is -5.11. The van der Waals surface area contributed by atoms with Crippen molar-refractivity contribution in [1.82, 2.24) is 10.2 Å². The summed E-state index contributed by atoms with van der Waals surface area (Å²) in [5, 5.41) is 26.7. The van der Waals surface area contributed by atoms with E-state index in [2.05, 4.69) is 10.6 Å². The molecule has 0 fully saturated rings. The zero-order chi connectivity index (χ0) is 30.3. The lowest BCUT2D eigenvalue weighted by molar-refractivity contribution is -0.141. The number of anilines is 1. The van der Waals surface area contributed by atoms with Gasteiger partial charge in [-0.3, -0.25) is 14.4 Å². The highest BCUT2D eigenvalue weighted by molar-refractivity contribution is 6.01. The van der Waals surface area contributed by atoms with Crippen molar-refractivity contribution in [2.45, 2.75) is 51.8 Å². The standard InChI is InChI=1S/C30H33N5O6/c1-18-15-21(10-12-24(18)36)26(27(38)33-22-11-9-19-7-5-6-8-20(19)16-22)35(14-13-31)28(39)23(17-25(32)37)34-29(40)41-30(2,3)4/h5-12,15-16,23,26,36H,14,17H2,1-4H3,(H2,32,37)(H,33,38)(H,34,40). The Kier molecular flexibility index (Phi) is 9.52. The van der Waals surface area contributed by atoms with E-state index in [9.17, 15) is 29.5 Å². The minimum atomic E-state index is -1.52. The lowest BCUT2D eigenvalue weighted by atomic mass is 9.99. The van der Waals surface area contributed by atoms with Crippen molar-refractivity contribution in [2.24, 2.45) is 5.73 Å². The fourth-order valence-electron chi connectivity index (χ4n) is 4.22. The molecule has 0 aliphatic carbocycles. The van der Waals surface area contributed by atoms with Gasteiger partial charge in [0.25, 0.3) is 5.91 Å². The molecule has 5 N–H and O–H groups in total. The molecule has 11 heteroatoms. The zero-order valence-corrected chi connectivity index (χ0v) is 23.3. The van der Waals surface area contributed by atoms with E-state index in [1.54, 1.807) is 39.8 Å². The lowest BCUT2D eigenvalue weighted by Crippen LogP contribution is -2.53. The van der Waals surface area contributed by atoms with Gasteiger partial charge in [0.2, 0.25) is 11.8 Å². The Balaban J connectivity index is 2.04. The Bertz CT molecular complexity index is 1510. The van der Waals surface area contributed by atoms with Crippen molar-refractivity contribution in [3.63, 3.8) is 0 Å². The van der Waals surface area contributed by atoms with Gasteiger partial charge in [0.1, 0.15) is 30.0 Å². The minimum Gasteiger partial charge on any atom is -0.508 e. The van der Waals surface area contributed by atoms with E-state index in [0.29, 0.717) is 11.3 Å². The molecule has 0 saturated carbocycles. The van der Waals surface area contributed by atoms with Crippen LogP contribution in [0.25, 0.3) is 10.8 Å². The highest BCUT2D eigenvalue weighted by Gasteiger charge is 2.37. The summed E-state index contributed by atoms with van der Waals surface area (Å²) in [5.74, 6) is -2.49. The molecule has 3 aromatic rings. The van der Waals surface area contributed by atoms with Crippen LogP contribution in [0.5, 0.6) is 5.75 Å². The van der Waals surface area contributed by atoms with Gasteiger partial charge in [-0.2, -0.15) is 5.26 Å². The number of phenolic OH excluding ortho intramolecular Hbond substituents is 1. The number of fused-ring (bicyclic) bond motifs is 1. The number of alkyl carbamates (subject to hydrolysis) is 1. The number of hydrogen-bond donors (Lipinski definition) is 4. The number of amides is 4. The molecule has 214 valence electrons. The van der Waals surface area contributed by atoms with Gasteiger partial charge in [-0.05, 0) is 73.9 Å². The van der Waals surface area contributed by atoms with Crippen LogP contribution < -0.4 is 16.4 Å². The Labute approximate surface area is 237 Å². The number of nitrogens with one attached hydrogen (secondary N) is 2. The van der Waals surface area contributed by atoms with Gasteiger partial charge in [0.05, 0.1) is 12.5 Å². The van der Waals surface area contributed by atoms with E-state index in [-0.39, 0.29) is 11.3 Å². The number of aromatic hydroxyl groups is 1. The number of rotatable bonds is 9. The summed E-state index contributed by atoms with van der Waals surface area (Å²) in [6.07, 6.45) is -1.58. The number of nitrogens with zero attached hydrogens (tertiary/aromatic N) is 2. The van der Waals surface area contributed by atoms with Gasteiger partial charge in [-0.15, -0.1) is 0 Å². The number of phenols is 1. The van der Waals surface area contributed by atoms with Gasteiger partial charge in [-0.25, -0.2) is 4.79 Å². The van der Waals surface area contributed by atoms with Crippen LogP contribution in [0.15, 0.2) is 60.7 Å². The van der Waals surface area contributed by atoms with Crippen LogP contribution in [0.2, 0.25) is 0 Å². The van der Waals surface area contributed by atoms with Crippen molar-refractivity contribution in [3.05, 3.63) is 71.8 Å². The Morgan fingerprint density at radius 2 is 1.73 bits per heavy atom. The molecule has 0 heterocycles. The van der Waals surface area contributed by atoms with Crippen LogP contribution in [-0.2, 0) is 19.1 Å².